The van der Waals surface area contributed by atoms with Gasteiger partial charge in [-0.15, -0.1) is 0 Å². The zero-order valence-corrected chi connectivity index (χ0v) is 13.1. The fourth-order valence-electron chi connectivity index (χ4n) is 1.92. The number of anilines is 1. The number of carbonyl (C=O) groups excluding carboxylic acids is 1. The molecule has 1 saturated heterocycles. The Morgan fingerprint density at radius 3 is 3.00 bits per heavy atom. The van der Waals surface area contributed by atoms with Gasteiger partial charge >= 0.3 is 0 Å². The van der Waals surface area contributed by atoms with E-state index < -0.39 is 6.10 Å². The highest BCUT2D eigenvalue weighted by Gasteiger charge is 2.29. The monoisotopic (exact) mass is 347 g/mol. The summed E-state index contributed by atoms with van der Waals surface area (Å²) in [6, 6.07) is 1.79. The number of halogens is 2. The summed E-state index contributed by atoms with van der Waals surface area (Å²) < 4.78 is 6.33. The second kappa shape index (κ2) is 6.07. The maximum absolute atomic E-state index is 11.9. The summed E-state index contributed by atoms with van der Waals surface area (Å²) in [7, 11) is 3.45. The molecule has 1 aromatic heterocycles. The number of pyridine rings is 1. The number of carbonyl (C=O) groups is 1. The molecule has 7 heteroatoms. The van der Waals surface area contributed by atoms with Crippen molar-refractivity contribution in [2.24, 2.45) is 0 Å². The number of morpholine rings is 1. The Morgan fingerprint density at radius 2 is 2.37 bits per heavy atom. The lowest BCUT2D eigenvalue weighted by molar-refractivity contribution is -0.141. The van der Waals surface area contributed by atoms with E-state index in [-0.39, 0.29) is 5.91 Å². The van der Waals surface area contributed by atoms with Crippen LogP contribution in [0.1, 0.15) is 0 Å². The maximum atomic E-state index is 11.9. The van der Waals surface area contributed by atoms with E-state index in [2.05, 4.69) is 20.9 Å². The van der Waals surface area contributed by atoms with Crippen LogP contribution in [0.5, 0.6) is 0 Å². The molecule has 0 saturated carbocycles. The van der Waals surface area contributed by atoms with Crippen LogP contribution in [0.25, 0.3) is 0 Å². The number of hydrogen-bond donors (Lipinski definition) is 0. The molecule has 1 aliphatic rings. The minimum Gasteiger partial charge on any atom is -0.365 e. The van der Waals surface area contributed by atoms with Gasteiger partial charge in [0.25, 0.3) is 5.91 Å². The Balaban J connectivity index is 2.15. The molecule has 0 aliphatic carbocycles. The molecule has 1 aromatic rings. The molecular weight excluding hydrogens is 334 g/mol. The van der Waals surface area contributed by atoms with E-state index in [1.165, 1.54) is 0 Å². The first-order valence-corrected chi connectivity index (χ1v) is 7.05. The summed E-state index contributed by atoms with van der Waals surface area (Å²) in [6.45, 7) is 1.69. The first kappa shape index (κ1) is 14.6. The summed E-state index contributed by atoms with van der Waals surface area (Å²) in [4.78, 5) is 19.8. The van der Waals surface area contributed by atoms with E-state index in [1.54, 1.807) is 31.3 Å². The predicted octanol–water partition coefficient (Wildman–Crippen LogP) is 1.79. The Morgan fingerprint density at radius 1 is 1.63 bits per heavy atom. The maximum Gasteiger partial charge on any atom is 0.253 e. The molecule has 0 aromatic carbocycles. The number of rotatable bonds is 2. The van der Waals surface area contributed by atoms with E-state index >= 15 is 0 Å². The molecule has 1 amide bonds. The summed E-state index contributed by atoms with van der Waals surface area (Å²) >= 11 is 9.32. The number of ether oxygens (including phenoxy) is 1. The van der Waals surface area contributed by atoms with Crippen LogP contribution in [0.3, 0.4) is 0 Å². The number of hydrogen-bond acceptors (Lipinski definition) is 4. The smallest absolute Gasteiger partial charge is 0.253 e. The molecule has 0 bridgehead atoms. The average molecular weight is 349 g/mol. The lowest BCUT2D eigenvalue weighted by Gasteiger charge is -2.34. The van der Waals surface area contributed by atoms with E-state index in [4.69, 9.17) is 16.3 Å². The van der Waals surface area contributed by atoms with Crippen LogP contribution in [0.4, 0.5) is 5.82 Å². The van der Waals surface area contributed by atoms with E-state index in [1.807, 2.05) is 4.90 Å². The zero-order chi connectivity index (χ0) is 14.0. The SMILES string of the molecule is CN(C)C(=O)C1CN(c2ncc(Cl)cc2Br)CCO1. The lowest BCUT2D eigenvalue weighted by atomic mass is 10.2. The van der Waals surface area contributed by atoms with Gasteiger partial charge in [0.15, 0.2) is 6.10 Å². The molecule has 1 unspecified atom stereocenters. The number of nitrogens with zero attached hydrogens (tertiary/aromatic N) is 3. The van der Waals surface area contributed by atoms with Gasteiger partial charge in [0.1, 0.15) is 5.82 Å². The van der Waals surface area contributed by atoms with Gasteiger partial charge in [-0.1, -0.05) is 11.6 Å². The molecule has 5 nitrogen and oxygen atoms in total. The zero-order valence-electron chi connectivity index (χ0n) is 10.8. The number of amides is 1. The van der Waals surface area contributed by atoms with E-state index in [9.17, 15) is 4.79 Å². The summed E-state index contributed by atoms with van der Waals surface area (Å²) in [5, 5.41) is 0.574. The average Bonchev–Trinajstić information content (AvgIpc) is 2.38. The van der Waals surface area contributed by atoms with E-state index in [0.717, 1.165) is 10.3 Å². The van der Waals surface area contributed by atoms with Gasteiger partial charge in [-0.05, 0) is 22.0 Å². The highest BCUT2D eigenvalue weighted by Crippen LogP contribution is 2.27. The fourth-order valence-corrected chi connectivity index (χ4v) is 2.81. The Labute approximate surface area is 125 Å². The van der Waals surface area contributed by atoms with Crippen molar-refractivity contribution >= 4 is 39.3 Å². The second-order valence-electron chi connectivity index (χ2n) is 4.50. The molecule has 2 rings (SSSR count). The Bertz CT molecular complexity index is 484. The number of likely N-dealkylation sites (N-methyl/N-ethyl adjacent to an activating group) is 1. The number of aromatic nitrogens is 1. The molecule has 1 aliphatic heterocycles. The van der Waals surface area contributed by atoms with Crippen molar-refractivity contribution in [3.8, 4) is 0 Å². The highest BCUT2D eigenvalue weighted by molar-refractivity contribution is 9.10. The van der Waals surface area contributed by atoms with Gasteiger partial charge in [0.2, 0.25) is 0 Å². The largest absolute Gasteiger partial charge is 0.365 e. The van der Waals surface area contributed by atoms with Gasteiger partial charge in [-0.3, -0.25) is 4.79 Å². The normalized spacial score (nSPS) is 19.4. The third-order valence-corrected chi connectivity index (χ3v) is 3.66. The van der Waals surface area contributed by atoms with Gasteiger partial charge in [0, 0.05) is 26.8 Å². The van der Waals surface area contributed by atoms with Crippen LogP contribution in [0, 0.1) is 0 Å². The molecule has 104 valence electrons. The Hall–Kier alpha value is -0.850. The molecule has 0 spiro atoms. The van der Waals surface area contributed by atoms with Gasteiger partial charge in [-0.25, -0.2) is 4.98 Å². The predicted molar refractivity (Wildman–Crippen MR) is 77.6 cm³/mol. The lowest BCUT2D eigenvalue weighted by Crippen LogP contribution is -2.49. The van der Waals surface area contributed by atoms with Crippen LogP contribution in [0.2, 0.25) is 5.02 Å². The summed E-state index contributed by atoms with van der Waals surface area (Å²) in [5.74, 6) is 0.749. The van der Waals surface area contributed by atoms with Crippen molar-refractivity contribution in [2.45, 2.75) is 6.10 Å². The fraction of sp³-hybridized carbons (Fsp3) is 0.500. The van der Waals surface area contributed by atoms with Crippen molar-refractivity contribution < 1.29 is 9.53 Å². The molecule has 19 heavy (non-hydrogen) atoms. The molecule has 0 radical (unpaired) electrons. The molecule has 1 atom stereocenters. The third-order valence-electron chi connectivity index (χ3n) is 2.87. The second-order valence-corrected chi connectivity index (χ2v) is 5.79. The van der Waals surface area contributed by atoms with Crippen LogP contribution in [0.15, 0.2) is 16.7 Å². The minimum atomic E-state index is -0.451. The quantitative estimate of drug-likeness (QED) is 0.817. The van der Waals surface area contributed by atoms with E-state index in [0.29, 0.717) is 24.7 Å². The third kappa shape index (κ3) is 3.38. The van der Waals surface area contributed by atoms with Gasteiger partial charge in [0.05, 0.1) is 22.6 Å². The highest BCUT2D eigenvalue weighted by atomic mass is 79.9. The minimum absolute atomic E-state index is 0.0326. The molecule has 1 fully saturated rings. The summed E-state index contributed by atoms with van der Waals surface area (Å²) in [5.41, 5.74) is 0. The molecular formula is C12H15BrClN3O2. The summed E-state index contributed by atoms with van der Waals surface area (Å²) in [6.07, 6.45) is 1.15. The molecule has 2 heterocycles. The van der Waals surface area contributed by atoms with Crippen LogP contribution in [-0.2, 0) is 9.53 Å². The van der Waals surface area contributed by atoms with Crippen molar-refractivity contribution in [3.63, 3.8) is 0 Å². The van der Waals surface area contributed by atoms with Crippen LogP contribution >= 0.6 is 27.5 Å². The standard InChI is InChI=1S/C12H15BrClN3O2/c1-16(2)12(18)10-7-17(3-4-19-10)11-9(13)5-8(14)6-15-11/h5-6,10H,3-4,7H2,1-2H3. The van der Waals surface area contributed by atoms with Crippen LogP contribution in [-0.4, -0.2) is 55.7 Å². The van der Waals surface area contributed by atoms with Crippen molar-refractivity contribution in [1.29, 1.82) is 0 Å². The van der Waals surface area contributed by atoms with Crippen molar-refractivity contribution in [1.82, 2.24) is 9.88 Å². The first-order chi connectivity index (χ1) is 8.99. The molecule has 0 N–H and O–H groups in total. The van der Waals surface area contributed by atoms with Crippen molar-refractivity contribution in [2.75, 3.05) is 38.7 Å². The van der Waals surface area contributed by atoms with Crippen molar-refractivity contribution in [3.05, 3.63) is 21.8 Å². The first-order valence-electron chi connectivity index (χ1n) is 5.88. The van der Waals surface area contributed by atoms with Gasteiger partial charge in [-0.2, -0.15) is 0 Å². The van der Waals surface area contributed by atoms with Crippen LogP contribution < -0.4 is 4.90 Å². The van der Waals surface area contributed by atoms with Gasteiger partial charge < -0.3 is 14.5 Å². The topological polar surface area (TPSA) is 45.7 Å². The Kier molecular flexibility index (Phi) is 4.65.